The molecule has 1 nitrogen and oxygen atoms in total. The lowest BCUT2D eigenvalue weighted by Crippen LogP contribution is -2.07. The van der Waals surface area contributed by atoms with Crippen LogP contribution in [0.5, 0.6) is 0 Å². The minimum absolute atomic E-state index is 0.0947. The van der Waals surface area contributed by atoms with Crippen LogP contribution < -0.4 is 0 Å². The van der Waals surface area contributed by atoms with Crippen molar-refractivity contribution >= 4 is 5.78 Å². The van der Waals surface area contributed by atoms with E-state index in [1.54, 1.807) is 13.8 Å². The fourth-order valence-electron chi connectivity index (χ4n) is 2.34. The Balaban J connectivity index is 0.00000166. The number of benzene rings is 1. The van der Waals surface area contributed by atoms with Crippen molar-refractivity contribution in [3.8, 4) is 225 Å². The molecule has 0 aliphatic rings. The Hall–Kier alpha value is -9.68. The van der Waals surface area contributed by atoms with Crippen LogP contribution in [0.4, 0.5) is 13.2 Å². The van der Waals surface area contributed by atoms with E-state index in [9.17, 15) is 18.0 Å². The van der Waals surface area contributed by atoms with Crippen molar-refractivity contribution in [2.75, 3.05) is 0 Å². The van der Waals surface area contributed by atoms with Crippen LogP contribution in [-0.4, -0.2) is 5.78 Å². The highest BCUT2D eigenvalue weighted by molar-refractivity contribution is 5.94. The maximum Gasteiger partial charge on any atom is 0.416 e. The van der Waals surface area contributed by atoms with Crippen molar-refractivity contribution in [1.82, 2.24) is 0 Å². The molecule has 0 saturated carbocycles. The summed E-state index contributed by atoms with van der Waals surface area (Å²) in [5.41, 5.74) is -0.245. The van der Waals surface area contributed by atoms with Crippen LogP contribution in [0.2, 0.25) is 0 Å². The van der Waals surface area contributed by atoms with Gasteiger partial charge < -0.3 is 0 Å². The summed E-state index contributed by atoms with van der Waals surface area (Å²) in [6.45, 7) is 6.15. The molecule has 0 radical (unpaired) electrons. The molecule has 0 N–H and O–H groups in total. The molecule has 242 valence electrons. The molecule has 1 aromatic carbocycles. The Morgan fingerprint density at radius 3 is 0.759 bits per heavy atom. The number of carbonyl (C=O) groups is 1. The Morgan fingerprint density at radius 2 is 0.593 bits per heavy atom. The number of ketones is 1. The highest BCUT2D eigenvalue weighted by Crippen LogP contribution is 2.30. The van der Waals surface area contributed by atoms with E-state index in [4.69, 9.17) is 0 Å². The third-order valence-corrected chi connectivity index (χ3v) is 4.25. The van der Waals surface area contributed by atoms with Crippen LogP contribution in [0.1, 0.15) is 42.3 Å². The molecule has 0 amide bonds. The molecule has 0 heterocycles. The third kappa shape index (κ3) is 29.7. The van der Waals surface area contributed by atoms with Gasteiger partial charge in [0.05, 0.1) is 5.56 Å². The standard InChI is InChI=1S/C40H6.C10H9F3O/c1-3-5-7-9-11-13-15-17-19-21-23-25-27-29-31-33-35-37-39-40-38-36-34-32-30-28-26-24-22-20-18-16-14-12-10-8-6-4-2;1-6-3-8(7(2)14)5-9(4-6)10(11,12)13/h1-2H3;3-5H,1-2H3. The molecule has 0 spiro atoms. The molecule has 0 atom stereocenters. The number of hydrogen-bond acceptors (Lipinski definition) is 1. The first-order valence-electron chi connectivity index (χ1n) is 14.3. The lowest BCUT2D eigenvalue weighted by atomic mass is 10.0. The van der Waals surface area contributed by atoms with E-state index in [0.29, 0.717) is 5.56 Å². The van der Waals surface area contributed by atoms with E-state index < -0.39 is 11.7 Å². The molecule has 0 unspecified atom stereocenters. The largest absolute Gasteiger partial charge is 0.416 e. The monoisotopic (exact) mass is 688 g/mol. The molecule has 0 saturated heterocycles. The number of halogens is 3. The fourth-order valence-corrected chi connectivity index (χ4v) is 2.34. The molecule has 0 aliphatic heterocycles. The zero-order chi connectivity index (χ0) is 39.8. The van der Waals surface area contributed by atoms with Crippen LogP contribution in [0, 0.1) is 232 Å². The maximum atomic E-state index is 12.3. The number of rotatable bonds is 1. The van der Waals surface area contributed by atoms with Crippen LogP contribution in [-0.2, 0) is 6.18 Å². The number of carbonyl (C=O) groups excluding carboxylic acids is 1. The van der Waals surface area contributed by atoms with Gasteiger partial charge in [0.15, 0.2) is 5.78 Å². The summed E-state index contributed by atoms with van der Waals surface area (Å²) in [6, 6.07) is 3.33. The Morgan fingerprint density at radius 1 is 0.389 bits per heavy atom. The normalized spacial score (nSPS) is 5.91. The first-order valence-corrected chi connectivity index (χ1v) is 14.3. The molecule has 0 bridgehead atoms. The van der Waals surface area contributed by atoms with Gasteiger partial charge in [-0.1, -0.05) is 11.8 Å². The van der Waals surface area contributed by atoms with Gasteiger partial charge in [-0.15, -0.1) is 0 Å². The van der Waals surface area contributed by atoms with Gasteiger partial charge in [0.1, 0.15) is 0 Å². The fraction of sp³-hybridized carbons (Fsp3) is 0.100. The summed E-state index contributed by atoms with van der Waals surface area (Å²) in [6.07, 6.45) is -4.39. The maximum absolute atomic E-state index is 12.3. The Kier molecular flexibility index (Phi) is 26.2. The molecule has 0 fully saturated rings. The molecule has 1 rings (SSSR count). The average molecular weight is 689 g/mol. The summed E-state index contributed by atoms with van der Waals surface area (Å²) >= 11 is 0. The highest BCUT2D eigenvalue weighted by Gasteiger charge is 2.31. The predicted octanol–water partition coefficient (Wildman–Crippen LogP) is 4.31. The van der Waals surface area contributed by atoms with Crippen molar-refractivity contribution in [2.24, 2.45) is 0 Å². The van der Waals surface area contributed by atoms with Gasteiger partial charge in [0.2, 0.25) is 0 Å². The molecular weight excluding hydrogens is 674 g/mol. The quantitative estimate of drug-likeness (QED) is 0.318. The second-order valence-electron chi connectivity index (χ2n) is 8.14. The van der Waals surface area contributed by atoms with Gasteiger partial charge in [0.25, 0.3) is 0 Å². The zero-order valence-corrected chi connectivity index (χ0v) is 28.8. The lowest BCUT2D eigenvalue weighted by molar-refractivity contribution is -0.137. The van der Waals surface area contributed by atoms with E-state index in [1.165, 1.54) is 19.9 Å². The number of Topliss-reactive ketones (excluding diaryl/α,β-unsaturated/α-hetero) is 1. The second-order valence-corrected chi connectivity index (χ2v) is 8.14. The Labute approximate surface area is 316 Å². The molecule has 1 aromatic rings. The van der Waals surface area contributed by atoms with E-state index in [0.717, 1.165) is 12.1 Å². The number of alkyl halides is 3. The van der Waals surface area contributed by atoms with Crippen molar-refractivity contribution in [3.05, 3.63) is 34.9 Å². The van der Waals surface area contributed by atoms with Gasteiger partial charge in [-0.05, 0) is 146 Å². The minimum atomic E-state index is -4.39. The molecular formula is C50H15F3O. The van der Waals surface area contributed by atoms with Gasteiger partial charge in [-0.25, -0.2) is 0 Å². The van der Waals surface area contributed by atoms with E-state index >= 15 is 0 Å². The summed E-state index contributed by atoms with van der Waals surface area (Å²) in [7, 11) is 0. The minimum Gasteiger partial charge on any atom is -0.295 e. The zero-order valence-electron chi connectivity index (χ0n) is 28.8. The second kappa shape index (κ2) is 31.9. The third-order valence-electron chi connectivity index (χ3n) is 4.25. The molecule has 0 aromatic heterocycles. The van der Waals surface area contributed by atoms with E-state index in [2.05, 4.69) is 225 Å². The molecule has 4 heteroatoms. The van der Waals surface area contributed by atoms with Crippen LogP contribution in [0.3, 0.4) is 0 Å². The molecule has 54 heavy (non-hydrogen) atoms. The van der Waals surface area contributed by atoms with Gasteiger partial charge in [0, 0.05) is 124 Å². The van der Waals surface area contributed by atoms with Gasteiger partial charge in [-0.3, -0.25) is 4.79 Å². The van der Waals surface area contributed by atoms with E-state index in [1.807, 2.05) is 0 Å². The predicted molar refractivity (Wildman–Crippen MR) is 205 cm³/mol. The number of hydrogen-bond donors (Lipinski definition) is 0. The topological polar surface area (TPSA) is 17.1 Å². The SMILES string of the molecule is CC#CC#CC#CC#CC#CC#CC#CC#CC#CC#CC#CC#CC#CC#CC#CC#CC#CC#CC#CC.CC(=O)c1cc(C)cc(C(F)(F)F)c1. The van der Waals surface area contributed by atoms with Crippen LogP contribution >= 0.6 is 0 Å². The van der Waals surface area contributed by atoms with Crippen LogP contribution in [0.25, 0.3) is 0 Å². The Bertz CT molecular complexity index is 2750. The van der Waals surface area contributed by atoms with Crippen molar-refractivity contribution in [1.29, 1.82) is 0 Å². The lowest BCUT2D eigenvalue weighted by Gasteiger charge is -2.08. The molecule has 0 aliphatic carbocycles. The summed E-state index contributed by atoms with van der Waals surface area (Å²) in [4.78, 5) is 10.9. The highest BCUT2D eigenvalue weighted by atomic mass is 19.4. The first-order chi connectivity index (χ1) is 26.2. The summed E-state index contributed by atoms with van der Waals surface area (Å²) in [5.74, 6) is 95.3. The van der Waals surface area contributed by atoms with Crippen molar-refractivity contribution in [2.45, 2.75) is 33.9 Å². The van der Waals surface area contributed by atoms with Gasteiger partial charge in [-0.2, -0.15) is 13.2 Å². The van der Waals surface area contributed by atoms with E-state index in [-0.39, 0.29) is 11.3 Å². The van der Waals surface area contributed by atoms with Crippen molar-refractivity contribution in [3.63, 3.8) is 0 Å². The number of aryl methyl sites for hydroxylation is 1. The summed E-state index contributed by atoms with van der Waals surface area (Å²) < 4.78 is 36.9. The van der Waals surface area contributed by atoms with Gasteiger partial charge >= 0.3 is 6.18 Å². The summed E-state index contributed by atoms with van der Waals surface area (Å²) in [5, 5.41) is 0. The van der Waals surface area contributed by atoms with Crippen molar-refractivity contribution < 1.29 is 18.0 Å². The first kappa shape index (κ1) is 44.3. The van der Waals surface area contributed by atoms with Crippen LogP contribution in [0.15, 0.2) is 18.2 Å². The smallest absolute Gasteiger partial charge is 0.295 e. The average Bonchev–Trinajstić information content (AvgIpc) is 3.14.